The number of amides is 2. The van der Waals surface area contributed by atoms with Gasteiger partial charge in [-0.2, -0.15) is 0 Å². The molecular weight excluding hydrogens is 576 g/mol. The Kier molecular flexibility index (Phi) is 7.92. The lowest BCUT2D eigenvalue weighted by atomic mass is 9.94. The van der Waals surface area contributed by atoms with Crippen molar-refractivity contribution in [1.29, 1.82) is 0 Å². The Bertz CT molecular complexity index is 1990. The zero-order valence-corrected chi connectivity index (χ0v) is 25.7. The molecule has 10 heteroatoms. The van der Waals surface area contributed by atoms with Gasteiger partial charge < -0.3 is 19.7 Å². The maximum absolute atomic E-state index is 14.5. The summed E-state index contributed by atoms with van der Waals surface area (Å²) in [5.41, 5.74) is 3.42. The van der Waals surface area contributed by atoms with Crippen LogP contribution < -0.4 is 34.6 Å². The lowest BCUT2D eigenvalue weighted by Crippen LogP contribution is -2.41. The summed E-state index contributed by atoms with van der Waals surface area (Å²) in [5.74, 6) is 0.407. The minimum absolute atomic E-state index is 0.207. The molecule has 0 aliphatic carbocycles. The van der Waals surface area contributed by atoms with Gasteiger partial charge in [-0.05, 0) is 43.7 Å². The first-order chi connectivity index (χ1) is 21.4. The van der Waals surface area contributed by atoms with Gasteiger partial charge in [0, 0.05) is 29.4 Å². The van der Waals surface area contributed by atoms with Crippen molar-refractivity contribution in [2.75, 3.05) is 31.0 Å². The van der Waals surface area contributed by atoms with Crippen molar-refractivity contribution in [3.05, 3.63) is 115 Å². The van der Waals surface area contributed by atoms with Crippen LogP contribution in [0, 0.1) is 0 Å². The summed E-state index contributed by atoms with van der Waals surface area (Å²) in [6.45, 7) is 4.39. The highest BCUT2D eigenvalue weighted by molar-refractivity contribution is 7.07. The molecule has 1 atom stereocenters. The van der Waals surface area contributed by atoms with Crippen molar-refractivity contribution in [3.63, 3.8) is 0 Å². The van der Waals surface area contributed by atoms with Crippen molar-refractivity contribution in [1.82, 2.24) is 4.57 Å². The van der Waals surface area contributed by atoms with Gasteiger partial charge in [-0.1, -0.05) is 61.1 Å². The van der Waals surface area contributed by atoms with Crippen LogP contribution in [0.15, 0.2) is 93.9 Å². The number of benzene rings is 3. The molecule has 1 N–H and O–H groups in total. The van der Waals surface area contributed by atoms with Crippen molar-refractivity contribution in [3.8, 4) is 11.5 Å². The number of nitrogens with zero attached hydrogens (tertiary/aromatic N) is 3. The quantitative estimate of drug-likeness (QED) is 0.320. The highest BCUT2D eigenvalue weighted by Crippen LogP contribution is 2.38. The smallest absolute Gasteiger partial charge is 0.271 e. The molecule has 0 spiro atoms. The van der Waals surface area contributed by atoms with Gasteiger partial charge in [0.2, 0.25) is 0 Å². The lowest BCUT2D eigenvalue weighted by Gasteiger charge is -2.26. The van der Waals surface area contributed by atoms with E-state index in [0.29, 0.717) is 50.9 Å². The number of hydrogen-bond donors (Lipinski definition) is 1. The SMILES string of the molecule is CCCCN1C(=O)/C(=c2/sc3n(c2=O)[C@@H](c2ccc(OC)cc2OC)C(C(=O)Nc2ccccc2)=C(C)N=3)c2ccccc21. The van der Waals surface area contributed by atoms with Crippen LogP contribution in [0.3, 0.4) is 0 Å². The monoisotopic (exact) mass is 608 g/mol. The van der Waals surface area contributed by atoms with E-state index in [-0.39, 0.29) is 10.4 Å². The topological polar surface area (TPSA) is 102 Å². The normalized spacial score (nSPS) is 16.8. The van der Waals surface area contributed by atoms with Crippen molar-refractivity contribution in [2.24, 2.45) is 4.99 Å². The van der Waals surface area contributed by atoms with E-state index >= 15 is 0 Å². The Balaban J connectivity index is 1.60. The molecule has 224 valence electrons. The van der Waals surface area contributed by atoms with E-state index in [9.17, 15) is 14.4 Å². The molecule has 6 rings (SSSR count). The number of rotatable bonds is 8. The Morgan fingerprint density at radius 3 is 2.48 bits per heavy atom. The maximum atomic E-state index is 14.5. The molecule has 3 heterocycles. The van der Waals surface area contributed by atoms with Gasteiger partial charge in [-0.25, -0.2) is 4.99 Å². The third-order valence-corrected chi connectivity index (χ3v) is 8.95. The number of unbranched alkanes of at least 4 members (excludes halogenated alkanes) is 1. The van der Waals surface area contributed by atoms with E-state index in [2.05, 4.69) is 12.2 Å². The fourth-order valence-corrected chi connectivity index (χ4v) is 6.90. The molecule has 0 bridgehead atoms. The van der Waals surface area contributed by atoms with Gasteiger partial charge in [0.1, 0.15) is 22.1 Å². The largest absolute Gasteiger partial charge is 0.497 e. The first-order valence-corrected chi connectivity index (χ1v) is 15.2. The Hall–Kier alpha value is -4.96. The van der Waals surface area contributed by atoms with Crippen LogP contribution in [0.1, 0.15) is 43.9 Å². The molecule has 2 aliphatic rings. The van der Waals surface area contributed by atoms with Gasteiger partial charge in [0.05, 0.1) is 36.8 Å². The predicted octanol–water partition coefficient (Wildman–Crippen LogP) is 4.41. The summed E-state index contributed by atoms with van der Waals surface area (Å²) in [7, 11) is 3.09. The zero-order chi connectivity index (χ0) is 31.0. The number of methoxy groups -OCH3 is 2. The van der Waals surface area contributed by atoms with E-state index in [0.717, 1.165) is 35.4 Å². The number of nitrogens with one attached hydrogen (secondary N) is 1. The van der Waals surface area contributed by atoms with Gasteiger partial charge in [0.25, 0.3) is 17.4 Å². The molecule has 0 saturated carbocycles. The van der Waals surface area contributed by atoms with Crippen LogP contribution in [0.2, 0.25) is 0 Å². The second kappa shape index (κ2) is 12.0. The highest BCUT2D eigenvalue weighted by Gasteiger charge is 2.37. The van der Waals surface area contributed by atoms with Gasteiger partial charge in [0.15, 0.2) is 4.80 Å². The molecule has 9 nitrogen and oxygen atoms in total. The molecule has 0 saturated heterocycles. The summed E-state index contributed by atoms with van der Waals surface area (Å²) in [4.78, 5) is 49.3. The van der Waals surface area contributed by atoms with E-state index in [4.69, 9.17) is 14.5 Å². The number of aromatic nitrogens is 1. The Morgan fingerprint density at radius 2 is 1.75 bits per heavy atom. The van der Waals surface area contributed by atoms with Gasteiger partial charge in [-0.3, -0.25) is 19.0 Å². The number of thiazole rings is 1. The summed E-state index contributed by atoms with van der Waals surface area (Å²) < 4.78 is 13.0. The van der Waals surface area contributed by atoms with Crippen LogP contribution in [0.25, 0.3) is 5.57 Å². The lowest BCUT2D eigenvalue weighted by molar-refractivity contribution is -0.114. The van der Waals surface area contributed by atoms with Crippen molar-refractivity contribution >= 4 is 40.1 Å². The van der Waals surface area contributed by atoms with Crippen LogP contribution >= 0.6 is 11.3 Å². The summed E-state index contributed by atoms with van der Waals surface area (Å²) in [6, 6.07) is 21.1. The minimum Gasteiger partial charge on any atom is -0.497 e. The third-order valence-electron chi connectivity index (χ3n) is 7.89. The average Bonchev–Trinajstić information content (AvgIpc) is 3.50. The fourth-order valence-electron chi connectivity index (χ4n) is 5.76. The summed E-state index contributed by atoms with van der Waals surface area (Å²) >= 11 is 1.16. The van der Waals surface area contributed by atoms with E-state index in [1.54, 1.807) is 49.3 Å². The first kappa shape index (κ1) is 29.1. The molecular formula is C34H32N4O5S. The fraction of sp³-hybridized carbons (Fsp3) is 0.235. The molecule has 1 aromatic heterocycles. The Morgan fingerprint density at radius 1 is 1.00 bits per heavy atom. The number of hydrogen-bond acceptors (Lipinski definition) is 7. The van der Waals surface area contributed by atoms with Crippen LogP contribution in [-0.4, -0.2) is 37.1 Å². The molecule has 4 aromatic rings. The van der Waals surface area contributed by atoms with Crippen molar-refractivity contribution in [2.45, 2.75) is 32.7 Å². The second-order valence-corrected chi connectivity index (χ2v) is 11.5. The number of fused-ring (bicyclic) bond motifs is 2. The maximum Gasteiger partial charge on any atom is 0.271 e. The van der Waals surface area contributed by atoms with E-state index < -0.39 is 17.5 Å². The van der Waals surface area contributed by atoms with Crippen LogP contribution in [0.4, 0.5) is 11.4 Å². The molecule has 0 fully saturated rings. The third kappa shape index (κ3) is 4.90. The number of carbonyl (C=O) groups excluding carboxylic acids is 2. The van der Waals surface area contributed by atoms with Crippen LogP contribution in [-0.2, 0) is 9.59 Å². The molecule has 2 amide bonds. The van der Waals surface area contributed by atoms with Crippen LogP contribution in [0.5, 0.6) is 11.5 Å². The Labute approximate surface area is 258 Å². The number of ether oxygens (including phenoxy) is 2. The highest BCUT2D eigenvalue weighted by atomic mass is 32.1. The number of carbonyl (C=O) groups is 2. The molecule has 44 heavy (non-hydrogen) atoms. The van der Waals surface area contributed by atoms with E-state index in [1.165, 1.54) is 11.7 Å². The standard InChI is InChI=1S/C34H32N4O5S/c1-5-6-18-37-25-15-11-10-14-23(25)28(32(37)40)30-33(41)38-29(24-17-16-22(42-3)19-26(24)43-4)27(20(2)35-34(38)44-30)31(39)36-21-12-8-7-9-13-21/h7-17,19,29H,5-6,18H2,1-4H3,(H,36,39)/b30-28+/t29-/m0/s1. The molecule has 2 aliphatic heterocycles. The predicted molar refractivity (Wildman–Crippen MR) is 171 cm³/mol. The molecule has 3 aromatic carbocycles. The zero-order valence-electron chi connectivity index (χ0n) is 24.9. The summed E-state index contributed by atoms with van der Waals surface area (Å²) in [5, 5.41) is 2.96. The summed E-state index contributed by atoms with van der Waals surface area (Å²) in [6.07, 6.45) is 1.77. The van der Waals surface area contributed by atoms with Gasteiger partial charge in [-0.15, -0.1) is 0 Å². The average molecular weight is 609 g/mol. The number of para-hydroxylation sites is 2. The number of anilines is 2. The second-order valence-electron chi connectivity index (χ2n) is 10.5. The van der Waals surface area contributed by atoms with Crippen molar-refractivity contribution < 1.29 is 19.1 Å². The minimum atomic E-state index is -0.881. The van der Waals surface area contributed by atoms with E-state index in [1.807, 2.05) is 42.5 Å². The first-order valence-electron chi connectivity index (χ1n) is 14.4. The molecule has 0 unspecified atom stereocenters. The number of allylic oxidation sites excluding steroid dienone is 1. The molecule has 0 radical (unpaired) electrons. The van der Waals surface area contributed by atoms with Gasteiger partial charge >= 0.3 is 0 Å².